The molecule has 3 aromatic heterocycles. The smallest absolute Gasteiger partial charge is 0.252 e. The number of hydrogen-bond donors (Lipinski definition) is 1. The van der Waals surface area contributed by atoms with Crippen LogP contribution in [0.25, 0.3) is 10.6 Å². The summed E-state index contributed by atoms with van der Waals surface area (Å²) in [4.78, 5) is 13.4. The molecular formula is C18H19N3OS2. The van der Waals surface area contributed by atoms with Crippen LogP contribution in [0, 0.1) is 0 Å². The number of thiophene rings is 2. The molecule has 1 N–H and O–H groups in total. The van der Waals surface area contributed by atoms with E-state index in [1.54, 1.807) is 11.3 Å². The number of carbonyl (C=O) groups is 1. The Morgan fingerprint density at radius 1 is 1.29 bits per heavy atom. The van der Waals surface area contributed by atoms with Gasteiger partial charge in [0.15, 0.2) is 0 Å². The third kappa shape index (κ3) is 3.16. The van der Waals surface area contributed by atoms with Gasteiger partial charge in [-0.2, -0.15) is 16.4 Å². The Morgan fingerprint density at radius 3 is 2.88 bits per heavy atom. The van der Waals surface area contributed by atoms with Crippen LogP contribution in [0.4, 0.5) is 0 Å². The third-order valence-electron chi connectivity index (χ3n) is 4.44. The standard InChI is InChI=1S/C18H19N3OS2/c22-18(13-7-9-23-12-13)19-11-14-10-16(17-6-3-8-24-17)21(20-14)15-4-1-2-5-15/h3,6-10,12,15H,1-2,4-5,11H2,(H,19,22). The van der Waals surface area contributed by atoms with Crippen LogP contribution in [0.15, 0.2) is 40.4 Å². The van der Waals surface area contributed by atoms with Crippen LogP contribution in [0.5, 0.6) is 0 Å². The molecule has 1 saturated carbocycles. The van der Waals surface area contributed by atoms with Gasteiger partial charge in [0.1, 0.15) is 0 Å². The second kappa shape index (κ2) is 6.91. The summed E-state index contributed by atoms with van der Waals surface area (Å²) >= 11 is 3.27. The molecule has 6 heteroatoms. The first-order chi connectivity index (χ1) is 11.8. The molecule has 3 aromatic rings. The Labute approximate surface area is 149 Å². The highest BCUT2D eigenvalue weighted by atomic mass is 32.1. The summed E-state index contributed by atoms with van der Waals surface area (Å²) in [6.45, 7) is 0.465. The van der Waals surface area contributed by atoms with Crippen LogP contribution in [0.1, 0.15) is 47.8 Å². The average molecular weight is 358 g/mol. The van der Waals surface area contributed by atoms with Crippen molar-refractivity contribution < 1.29 is 4.79 Å². The molecule has 0 radical (unpaired) electrons. The number of carbonyl (C=O) groups excluding carboxylic acids is 1. The molecule has 1 amide bonds. The second-order valence-electron chi connectivity index (χ2n) is 6.08. The summed E-state index contributed by atoms with van der Waals surface area (Å²) in [5.41, 5.74) is 2.82. The lowest BCUT2D eigenvalue weighted by Gasteiger charge is -2.13. The van der Waals surface area contributed by atoms with Gasteiger partial charge in [-0.3, -0.25) is 9.48 Å². The van der Waals surface area contributed by atoms with Gasteiger partial charge in [-0.1, -0.05) is 18.9 Å². The quantitative estimate of drug-likeness (QED) is 0.718. The molecule has 3 heterocycles. The van der Waals surface area contributed by atoms with Crippen LogP contribution in [-0.4, -0.2) is 15.7 Å². The Kier molecular flexibility index (Phi) is 4.49. The van der Waals surface area contributed by atoms with Crippen molar-refractivity contribution in [2.75, 3.05) is 0 Å². The van der Waals surface area contributed by atoms with Crippen molar-refractivity contribution in [1.29, 1.82) is 0 Å². The fourth-order valence-electron chi connectivity index (χ4n) is 3.23. The van der Waals surface area contributed by atoms with E-state index in [0.717, 1.165) is 5.69 Å². The zero-order valence-electron chi connectivity index (χ0n) is 13.3. The SMILES string of the molecule is O=C(NCc1cc(-c2cccs2)n(C2CCCC2)n1)c1ccsc1. The summed E-state index contributed by atoms with van der Waals surface area (Å²) < 4.78 is 2.19. The van der Waals surface area contributed by atoms with E-state index in [0.29, 0.717) is 18.2 Å². The van der Waals surface area contributed by atoms with Crippen LogP contribution in [0.3, 0.4) is 0 Å². The predicted octanol–water partition coefficient (Wildman–Crippen LogP) is 4.72. The molecule has 4 nitrogen and oxygen atoms in total. The van der Waals surface area contributed by atoms with E-state index in [9.17, 15) is 4.79 Å². The molecule has 1 fully saturated rings. The number of amides is 1. The highest BCUT2D eigenvalue weighted by Gasteiger charge is 2.22. The molecule has 124 valence electrons. The molecule has 0 aliphatic heterocycles. The van der Waals surface area contributed by atoms with Crippen molar-refractivity contribution in [3.8, 4) is 10.6 Å². The Hall–Kier alpha value is -1.92. The van der Waals surface area contributed by atoms with Gasteiger partial charge in [0.2, 0.25) is 0 Å². The van der Waals surface area contributed by atoms with Gasteiger partial charge in [0.05, 0.1) is 28.9 Å². The van der Waals surface area contributed by atoms with Crippen molar-refractivity contribution in [2.24, 2.45) is 0 Å². The number of aromatic nitrogens is 2. The molecule has 1 aliphatic rings. The Bertz CT molecular complexity index is 800. The number of rotatable bonds is 5. The largest absolute Gasteiger partial charge is 0.346 e. The first kappa shape index (κ1) is 15.6. The average Bonchev–Trinajstić information content (AvgIpc) is 3.40. The number of hydrogen-bond acceptors (Lipinski definition) is 4. The van der Waals surface area contributed by atoms with Crippen molar-refractivity contribution in [1.82, 2.24) is 15.1 Å². The zero-order chi connectivity index (χ0) is 16.4. The van der Waals surface area contributed by atoms with Gasteiger partial charge in [-0.15, -0.1) is 11.3 Å². The van der Waals surface area contributed by atoms with Crippen molar-refractivity contribution in [3.05, 3.63) is 51.7 Å². The maximum Gasteiger partial charge on any atom is 0.252 e. The minimum absolute atomic E-state index is 0.0376. The monoisotopic (exact) mass is 357 g/mol. The fraction of sp³-hybridized carbons (Fsp3) is 0.333. The normalized spacial score (nSPS) is 15.0. The third-order valence-corrected chi connectivity index (χ3v) is 6.02. The topological polar surface area (TPSA) is 46.9 Å². The van der Waals surface area contributed by atoms with Gasteiger partial charge in [-0.25, -0.2) is 0 Å². The van der Waals surface area contributed by atoms with E-state index in [1.807, 2.05) is 16.8 Å². The van der Waals surface area contributed by atoms with E-state index in [4.69, 9.17) is 5.10 Å². The lowest BCUT2D eigenvalue weighted by molar-refractivity contribution is 0.0951. The molecular weight excluding hydrogens is 338 g/mol. The van der Waals surface area contributed by atoms with E-state index in [-0.39, 0.29) is 5.91 Å². The van der Waals surface area contributed by atoms with Crippen LogP contribution < -0.4 is 5.32 Å². The summed E-state index contributed by atoms with van der Waals surface area (Å²) in [5.74, 6) is -0.0376. The molecule has 24 heavy (non-hydrogen) atoms. The number of nitrogens with one attached hydrogen (secondary N) is 1. The van der Waals surface area contributed by atoms with Gasteiger partial charge < -0.3 is 5.32 Å². The van der Waals surface area contributed by atoms with Crippen molar-refractivity contribution in [3.63, 3.8) is 0 Å². The van der Waals surface area contributed by atoms with E-state index in [2.05, 4.69) is 33.6 Å². The molecule has 0 unspecified atom stereocenters. The maximum absolute atomic E-state index is 12.1. The fourth-order valence-corrected chi connectivity index (χ4v) is 4.60. The summed E-state index contributed by atoms with van der Waals surface area (Å²) in [7, 11) is 0. The van der Waals surface area contributed by atoms with E-state index >= 15 is 0 Å². The molecule has 1 aliphatic carbocycles. The lowest BCUT2D eigenvalue weighted by atomic mass is 10.2. The maximum atomic E-state index is 12.1. The minimum atomic E-state index is -0.0376. The predicted molar refractivity (Wildman–Crippen MR) is 98.5 cm³/mol. The van der Waals surface area contributed by atoms with E-state index < -0.39 is 0 Å². The molecule has 0 spiro atoms. The molecule has 0 bridgehead atoms. The van der Waals surface area contributed by atoms with Crippen LogP contribution in [-0.2, 0) is 6.54 Å². The summed E-state index contributed by atoms with van der Waals surface area (Å²) in [6, 6.07) is 8.67. The molecule has 0 atom stereocenters. The lowest BCUT2D eigenvalue weighted by Crippen LogP contribution is -2.22. The summed E-state index contributed by atoms with van der Waals surface area (Å²) in [5, 5.41) is 13.7. The van der Waals surface area contributed by atoms with Gasteiger partial charge in [0.25, 0.3) is 5.91 Å². The van der Waals surface area contributed by atoms with Gasteiger partial charge in [-0.05, 0) is 41.8 Å². The van der Waals surface area contributed by atoms with Crippen molar-refractivity contribution in [2.45, 2.75) is 38.3 Å². The van der Waals surface area contributed by atoms with Gasteiger partial charge >= 0.3 is 0 Å². The second-order valence-corrected chi connectivity index (χ2v) is 7.80. The Balaban J connectivity index is 1.55. The first-order valence-corrected chi connectivity index (χ1v) is 10.1. The van der Waals surface area contributed by atoms with E-state index in [1.165, 1.54) is 47.6 Å². The molecule has 4 rings (SSSR count). The highest BCUT2D eigenvalue weighted by Crippen LogP contribution is 2.35. The highest BCUT2D eigenvalue weighted by molar-refractivity contribution is 7.13. The van der Waals surface area contributed by atoms with Crippen molar-refractivity contribution >= 4 is 28.6 Å². The van der Waals surface area contributed by atoms with Gasteiger partial charge in [0, 0.05) is 10.9 Å². The molecule has 0 aromatic carbocycles. The Morgan fingerprint density at radius 2 is 2.17 bits per heavy atom. The molecule has 0 saturated heterocycles. The van der Waals surface area contributed by atoms with Crippen LogP contribution >= 0.6 is 22.7 Å². The van der Waals surface area contributed by atoms with Crippen LogP contribution in [0.2, 0.25) is 0 Å². The minimum Gasteiger partial charge on any atom is -0.346 e. The zero-order valence-corrected chi connectivity index (χ0v) is 14.9. The first-order valence-electron chi connectivity index (χ1n) is 8.24. The number of nitrogens with zero attached hydrogens (tertiary/aromatic N) is 2. The summed E-state index contributed by atoms with van der Waals surface area (Å²) in [6.07, 6.45) is 4.94.